The number of sulfone groups is 1. The predicted molar refractivity (Wildman–Crippen MR) is 107 cm³/mol. The third-order valence-electron chi connectivity index (χ3n) is 4.79. The number of carbonyl (C=O) groups is 1. The molecular formula is C21H23NO4S. The molecule has 2 aromatic rings. The second kappa shape index (κ2) is 7.56. The molecule has 0 N–H and O–H groups in total. The Bertz CT molecular complexity index is 978. The van der Waals surface area contributed by atoms with Gasteiger partial charge in [-0.3, -0.25) is 4.79 Å². The zero-order valence-corrected chi connectivity index (χ0v) is 16.5. The molecule has 1 atom stereocenters. The van der Waals surface area contributed by atoms with Crippen LogP contribution in [-0.4, -0.2) is 33.2 Å². The average molecular weight is 385 g/mol. The third-order valence-corrected chi connectivity index (χ3v) is 6.17. The van der Waals surface area contributed by atoms with E-state index in [0.29, 0.717) is 5.69 Å². The number of methoxy groups -OCH3 is 1. The van der Waals surface area contributed by atoms with Crippen LogP contribution in [0.15, 0.2) is 53.9 Å². The number of nitrogens with zero attached hydrogens (tertiary/aromatic N) is 1. The van der Waals surface area contributed by atoms with Gasteiger partial charge in [0.1, 0.15) is 5.75 Å². The number of anilines is 1. The first-order valence-corrected chi connectivity index (χ1v) is 10.4. The molecule has 2 aromatic carbocycles. The van der Waals surface area contributed by atoms with Gasteiger partial charge in [0.25, 0.3) is 0 Å². The topological polar surface area (TPSA) is 63.7 Å². The Morgan fingerprint density at radius 3 is 2.37 bits per heavy atom. The first-order chi connectivity index (χ1) is 12.8. The molecule has 0 radical (unpaired) electrons. The Morgan fingerprint density at radius 2 is 1.81 bits per heavy atom. The summed E-state index contributed by atoms with van der Waals surface area (Å²) in [4.78, 5) is 14.7. The molecule has 0 aromatic heterocycles. The average Bonchev–Trinajstić information content (AvgIpc) is 2.98. The van der Waals surface area contributed by atoms with Crippen molar-refractivity contribution >= 4 is 21.4 Å². The summed E-state index contributed by atoms with van der Waals surface area (Å²) in [6, 6.07) is 12.6. The molecule has 27 heavy (non-hydrogen) atoms. The summed E-state index contributed by atoms with van der Waals surface area (Å²) in [6.07, 6.45) is 1.78. The minimum Gasteiger partial charge on any atom is -0.497 e. The van der Waals surface area contributed by atoms with Crippen molar-refractivity contribution in [3.05, 3.63) is 70.6 Å². The van der Waals surface area contributed by atoms with Crippen LogP contribution < -0.4 is 9.64 Å². The maximum Gasteiger partial charge on any atom is 0.231 e. The molecule has 0 aliphatic carbocycles. The first-order valence-electron chi connectivity index (χ1n) is 8.72. The fourth-order valence-corrected chi connectivity index (χ4v) is 4.39. The Kier molecular flexibility index (Phi) is 5.37. The van der Waals surface area contributed by atoms with Crippen molar-refractivity contribution in [1.29, 1.82) is 0 Å². The number of rotatable bonds is 5. The Morgan fingerprint density at radius 1 is 1.11 bits per heavy atom. The molecule has 1 amide bonds. The molecule has 1 aliphatic heterocycles. The highest BCUT2D eigenvalue weighted by Gasteiger charge is 2.31. The molecule has 6 heteroatoms. The van der Waals surface area contributed by atoms with E-state index in [4.69, 9.17) is 4.74 Å². The molecule has 1 aliphatic rings. The summed E-state index contributed by atoms with van der Waals surface area (Å²) in [5.41, 5.74) is 3.73. The third kappa shape index (κ3) is 4.39. The molecule has 1 unspecified atom stereocenters. The molecule has 142 valence electrons. The molecular weight excluding hydrogens is 362 g/mol. The number of benzene rings is 2. The zero-order valence-electron chi connectivity index (χ0n) is 15.7. The largest absolute Gasteiger partial charge is 0.497 e. The smallest absolute Gasteiger partial charge is 0.231 e. The number of amides is 1. The van der Waals surface area contributed by atoms with Crippen molar-refractivity contribution < 1.29 is 17.9 Å². The van der Waals surface area contributed by atoms with Gasteiger partial charge in [0.2, 0.25) is 5.91 Å². The van der Waals surface area contributed by atoms with E-state index in [1.165, 1.54) is 5.41 Å². The van der Waals surface area contributed by atoms with Crippen LogP contribution in [0.2, 0.25) is 0 Å². The van der Waals surface area contributed by atoms with Crippen molar-refractivity contribution in [2.45, 2.75) is 26.3 Å². The summed E-state index contributed by atoms with van der Waals surface area (Å²) >= 11 is 0. The van der Waals surface area contributed by atoms with Gasteiger partial charge >= 0.3 is 0 Å². The first kappa shape index (κ1) is 19.2. The molecule has 0 saturated heterocycles. The van der Waals surface area contributed by atoms with Gasteiger partial charge in [-0.1, -0.05) is 18.2 Å². The van der Waals surface area contributed by atoms with Crippen LogP contribution in [0.25, 0.3) is 0 Å². The van der Waals surface area contributed by atoms with Gasteiger partial charge in [-0.25, -0.2) is 8.42 Å². The van der Waals surface area contributed by atoms with Crippen LogP contribution in [0.4, 0.5) is 5.69 Å². The van der Waals surface area contributed by atoms with Gasteiger partial charge in [-0.2, -0.15) is 0 Å². The van der Waals surface area contributed by atoms with Crippen molar-refractivity contribution in [2.24, 2.45) is 0 Å². The van der Waals surface area contributed by atoms with Crippen LogP contribution in [-0.2, 0) is 21.1 Å². The van der Waals surface area contributed by atoms with E-state index in [0.717, 1.165) is 22.4 Å². The summed E-state index contributed by atoms with van der Waals surface area (Å²) in [7, 11) is -1.68. The molecule has 0 fully saturated rings. The lowest BCUT2D eigenvalue weighted by atomic mass is 10.1. The van der Waals surface area contributed by atoms with E-state index in [1.807, 2.05) is 56.3 Å². The normalized spacial score (nSPS) is 17.7. The van der Waals surface area contributed by atoms with Crippen LogP contribution in [0, 0.1) is 13.8 Å². The number of hydrogen-bond donors (Lipinski definition) is 0. The Balaban J connectivity index is 1.91. The van der Waals surface area contributed by atoms with Crippen LogP contribution in [0.1, 0.15) is 16.7 Å². The highest BCUT2D eigenvalue weighted by molar-refractivity contribution is 7.94. The van der Waals surface area contributed by atoms with E-state index in [-0.39, 0.29) is 18.1 Å². The fourth-order valence-electron chi connectivity index (χ4n) is 3.12. The van der Waals surface area contributed by atoms with Crippen LogP contribution >= 0.6 is 0 Å². The number of aryl methyl sites for hydroxylation is 2. The molecule has 0 spiro atoms. The predicted octanol–water partition coefficient (Wildman–Crippen LogP) is 3.20. The van der Waals surface area contributed by atoms with Gasteiger partial charge in [-0.15, -0.1) is 0 Å². The lowest BCUT2D eigenvalue weighted by Gasteiger charge is -2.28. The highest BCUT2D eigenvalue weighted by atomic mass is 32.2. The van der Waals surface area contributed by atoms with Gasteiger partial charge in [0.15, 0.2) is 9.84 Å². The van der Waals surface area contributed by atoms with Gasteiger partial charge in [0.05, 0.1) is 25.3 Å². The summed E-state index contributed by atoms with van der Waals surface area (Å²) in [5, 5.41) is 1.20. The number of ether oxygens (including phenoxy) is 1. The lowest BCUT2D eigenvalue weighted by Crippen LogP contribution is -2.42. The molecule has 1 heterocycles. The van der Waals surface area contributed by atoms with Crippen LogP contribution in [0.5, 0.6) is 5.75 Å². The fraction of sp³-hybridized carbons (Fsp3) is 0.286. The van der Waals surface area contributed by atoms with Gasteiger partial charge < -0.3 is 9.64 Å². The quantitative estimate of drug-likeness (QED) is 0.793. The van der Waals surface area contributed by atoms with Gasteiger partial charge in [0, 0.05) is 11.1 Å². The Labute approximate surface area is 160 Å². The summed E-state index contributed by atoms with van der Waals surface area (Å²) in [5.74, 6) is 0.492. The second-order valence-corrected chi connectivity index (χ2v) is 8.71. The van der Waals surface area contributed by atoms with E-state index in [2.05, 4.69) is 0 Å². The zero-order chi connectivity index (χ0) is 19.6. The Hall–Kier alpha value is -2.60. The van der Waals surface area contributed by atoms with Crippen molar-refractivity contribution in [2.75, 3.05) is 17.8 Å². The minimum absolute atomic E-state index is 0.0890. The molecule has 3 rings (SSSR count). The number of hydrogen-bond acceptors (Lipinski definition) is 4. The maximum absolute atomic E-state index is 13.1. The lowest BCUT2D eigenvalue weighted by molar-refractivity contribution is -0.118. The summed E-state index contributed by atoms with van der Waals surface area (Å²) in [6.45, 7) is 3.98. The van der Waals surface area contributed by atoms with E-state index < -0.39 is 15.9 Å². The monoisotopic (exact) mass is 385 g/mol. The molecule has 0 saturated carbocycles. The van der Waals surface area contributed by atoms with Crippen LogP contribution in [0.3, 0.4) is 0 Å². The van der Waals surface area contributed by atoms with Crippen molar-refractivity contribution in [3.8, 4) is 5.75 Å². The van der Waals surface area contributed by atoms with E-state index in [1.54, 1.807) is 18.1 Å². The number of carbonyl (C=O) groups excluding carboxylic acids is 1. The van der Waals surface area contributed by atoms with Gasteiger partial charge in [-0.05, 0) is 60.9 Å². The standard InChI is InChI=1S/C21H23NO4S/c1-15-4-7-18(12-16(15)2)22(19-10-11-27(24,25)14-19)21(23)13-17-5-8-20(26-3)9-6-17/h4-12,19H,13-14H2,1-3H3. The van der Waals surface area contributed by atoms with Crippen molar-refractivity contribution in [3.63, 3.8) is 0 Å². The maximum atomic E-state index is 13.1. The van der Waals surface area contributed by atoms with E-state index >= 15 is 0 Å². The summed E-state index contributed by atoms with van der Waals surface area (Å²) < 4.78 is 29.0. The SMILES string of the molecule is COc1ccc(CC(=O)N(c2ccc(C)c(C)c2)C2C=CS(=O)(=O)C2)cc1. The highest BCUT2D eigenvalue weighted by Crippen LogP contribution is 2.26. The molecule has 0 bridgehead atoms. The minimum atomic E-state index is -3.27. The second-order valence-electron chi connectivity index (χ2n) is 6.78. The molecule has 5 nitrogen and oxygen atoms in total. The van der Waals surface area contributed by atoms with E-state index in [9.17, 15) is 13.2 Å². The van der Waals surface area contributed by atoms with Crippen molar-refractivity contribution in [1.82, 2.24) is 0 Å².